The van der Waals surface area contributed by atoms with E-state index in [9.17, 15) is 4.79 Å². The topological polar surface area (TPSA) is 37.3 Å². The van der Waals surface area contributed by atoms with Gasteiger partial charge in [0.2, 0.25) is 0 Å². The molecule has 1 aromatic rings. The zero-order chi connectivity index (χ0) is 8.81. The van der Waals surface area contributed by atoms with E-state index in [4.69, 9.17) is 5.11 Å². The molecule has 0 radical (unpaired) electrons. The Morgan fingerprint density at radius 3 is 2.58 bits per heavy atom. The predicted octanol–water partition coefficient (Wildman–Crippen LogP) is 0.614. The Balaban J connectivity index is 2.49. The summed E-state index contributed by atoms with van der Waals surface area (Å²) in [7, 11) is 0. The third-order valence-corrected chi connectivity index (χ3v) is 2.87. The van der Waals surface area contributed by atoms with E-state index in [0.29, 0.717) is 0 Å². The van der Waals surface area contributed by atoms with Crippen LogP contribution in [-0.4, -0.2) is 26.0 Å². The second kappa shape index (κ2) is 4.75. The Morgan fingerprint density at radius 1 is 1.33 bits per heavy atom. The van der Waals surface area contributed by atoms with Crippen LogP contribution in [-0.2, 0) is 4.79 Å². The molecular formula is C9H8O2Se. The van der Waals surface area contributed by atoms with Gasteiger partial charge < -0.3 is 0 Å². The summed E-state index contributed by atoms with van der Waals surface area (Å²) >= 11 is 0.139. The standard InChI is InChI=1S/C9H8O2Se/c10-9(11)6-7-12-8-4-2-1-3-5-8/h1-7H,(H,10,11). The van der Waals surface area contributed by atoms with Crippen molar-refractivity contribution in [2.45, 2.75) is 0 Å². The van der Waals surface area contributed by atoms with E-state index in [-0.39, 0.29) is 15.0 Å². The Hall–Kier alpha value is -1.05. The predicted molar refractivity (Wildman–Crippen MR) is 48.6 cm³/mol. The Bertz CT molecular complexity index is 280. The van der Waals surface area contributed by atoms with Crippen LogP contribution in [0.15, 0.2) is 41.4 Å². The van der Waals surface area contributed by atoms with E-state index in [0.717, 1.165) is 0 Å². The van der Waals surface area contributed by atoms with Crippen molar-refractivity contribution < 1.29 is 9.90 Å². The third kappa shape index (κ3) is 3.37. The van der Waals surface area contributed by atoms with Gasteiger partial charge in [0.25, 0.3) is 0 Å². The molecule has 2 nitrogen and oxygen atoms in total. The van der Waals surface area contributed by atoms with E-state index in [1.54, 1.807) is 4.97 Å². The molecule has 0 unspecified atom stereocenters. The molecular weight excluding hydrogens is 219 g/mol. The molecule has 0 aliphatic heterocycles. The molecule has 0 saturated carbocycles. The second-order valence-electron chi connectivity index (χ2n) is 2.07. The quantitative estimate of drug-likeness (QED) is 0.607. The minimum atomic E-state index is -0.882. The van der Waals surface area contributed by atoms with Crippen molar-refractivity contribution in [3.05, 3.63) is 41.4 Å². The maximum absolute atomic E-state index is 10.1. The van der Waals surface area contributed by atoms with Crippen LogP contribution < -0.4 is 4.46 Å². The number of hydrogen-bond acceptors (Lipinski definition) is 1. The number of carboxylic acids is 1. The number of rotatable bonds is 3. The van der Waals surface area contributed by atoms with Gasteiger partial charge in [-0.3, -0.25) is 0 Å². The summed E-state index contributed by atoms with van der Waals surface area (Å²) in [5, 5.41) is 8.31. The fourth-order valence-electron chi connectivity index (χ4n) is 0.670. The number of hydrogen-bond donors (Lipinski definition) is 1. The normalized spacial score (nSPS) is 10.3. The first-order valence-corrected chi connectivity index (χ1v) is 5.25. The van der Waals surface area contributed by atoms with Crippen molar-refractivity contribution in [2.75, 3.05) is 0 Å². The third-order valence-electron chi connectivity index (χ3n) is 1.16. The second-order valence-corrected chi connectivity index (χ2v) is 4.13. The van der Waals surface area contributed by atoms with Gasteiger partial charge in [-0.1, -0.05) is 0 Å². The molecule has 0 fully saturated rings. The zero-order valence-corrected chi connectivity index (χ0v) is 8.02. The van der Waals surface area contributed by atoms with E-state index >= 15 is 0 Å². The maximum atomic E-state index is 10.1. The van der Waals surface area contributed by atoms with Gasteiger partial charge in [0, 0.05) is 0 Å². The van der Waals surface area contributed by atoms with Crippen molar-refractivity contribution in [2.24, 2.45) is 0 Å². The number of aliphatic carboxylic acids is 1. The first-order chi connectivity index (χ1) is 5.79. The van der Waals surface area contributed by atoms with Crippen LogP contribution in [0.1, 0.15) is 0 Å². The SMILES string of the molecule is O=C(O)C=C[Se]c1ccccc1. The van der Waals surface area contributed by atoms with E-state index < -0.39 is 5.97 Å². The number of benzene rings is 1. The molecule has 0 saturated heterocycles. The summed E-state index contributed by atoms with van der Waals surface area (Å²) in [4.78, 5) is 11.8. The van der Waals surface area contributed by atoms with Crippen LogP contribution in [0.4, 0.5) is 0 Å². The molecule has 0 bridgehead atoms. The van der Waals surface area contributed by atoms with Crippen LogP contribution in [0.25, 0.3) is 0 Å². The molecule has 0 amide bonds. The molecule has 1 aromatic carbocycles. The molecule has 0 heterocycles. The first kappa shape index (κ1) is 9.04. The van der Waals surface area contributed by atoms with Gasteiger partial charge in [-0.2, -0.15) is 0 Å². The molecule has 12 heavy (non-hydrogen) atoms. The Labute approximate surface area is 77.1 Å². The summed E-state index contributed by atoms with van der Waals surface area (Å²) in [6.45, 7) is 0. The van der Waals surface area contributed by atoms with Gasteiger partial charge in [-0.15, -0.1) is 0 Å². The number of carboxylic acid groups (broad SMARTS) is 1. The first-order valence-electron chi connectivity index (χ1n) is 3.40. The molecule has 1 rings (SSSR count). The minimum absolute atomic E-state index is 0.139. The van der Waals surface area contributed by atoms with Crippen LogP contribution in [0.3, 0.4) is 0 Å². The van der Waals surface area contributed by atoms with Gasteiger partial charge in [-0.05, 0) is 0 Å². The Morgan fingerprint density at radius 2 is 2.00 bits per heavy atom. The summed E-state index contributed by atoms with van der Waals surface area (Å²) in [5.74, 6) is -0.882. The summed E-state index contributed by atoms with van der Waals surface area (Å²) in [6, 6.07) is 9.83. The molecule has 0 atom stereocenters. The fourth-order valence-corrected chi connectivity index (χ4v) is 2.05. The molecule has 3 heteroatoms. The fraction of sp³-hybridized carbons (Fsp3) is 0. The van der Waals surface area contributed by atoms with E-state index in [1.807, 2.05) is 30.3 Å². The van der Waals surface area contributed by atoms with Gasteiger partial charge in [0.15, 0.2) is 0 Å². The van der Waals surface area contributed by atoms with Crippen molar-refractivity contribution in [1.82, 2.24) is 0 Å². The van der Waals surface area contributed by atoms with Gasteiger partial charge >= 0.3 is 76.7 Å². The molecule has 0 aliphatic carbocycles. The van der Waals surface area contributed by atoms with E-state index in [1.165, 1.54) is 10.5 Å². The van der Waals surface area contributed by atoms with Crippen LogP contribution in [0.2, 0.25) is 0 Å². The summed E-state index contributed by atoms with van der Waals surface area (Å²) < 4.78 is 1.18. The van der Waals surface area contributed by atoms with Crippen molar-refractivity contribution in [1.29, 1.82) is 0 Å². The van der Waals surface area contributed by atoms with Crippen molar-refractivity contribution in [3.8, 4) is 0 Å². The molecule has 0 spiro atoms. The van der Waals surface area contributed by atoms with Crippen molar-refractivity contribution >= 4 is 25.4 Å². The summed E-state index contributed by atoms with van der Waals surface area (Å²) in [5.41, 5.74) is 0. The molecule has 0 aliphatic rings. The van der Waals surface area contributed by atoms with Crippen LogP contribution in [0, 0.1) is 0 Å². The van der Waals surface area contributed by atoms with Crippen LogP contribution in [0.5, 0.6) is 0 Å². The Kier molecular flexibility index (Phi) is 3.58. The van der Waals surface area contributed by atoms with E-state index in [2.05, 4.69) is 0 Å². The zero-order valence-electron chi connectivity index (χ0n) is 6.31. The molecule has 0 aromatic heterocycles. The average molecular weight is 227 g/mol. The monoisotopic (exact) mass is 228 g/mol. The van der Waals surface area contributed by atoms with Crippen molar-refractivity contribution in [3.63, 3.8) is 0 Å². The van der Waals surface area contributed by atoms with Gasteiger partial charge in [-0.25, -0.2) is 0 Å². The van der Waals surface area contributed by atoms with Crippen LogP contribution >= 0.6 is 0 Å². The van der Waals surface area contributed by atoms with Gasteiger partial charge in [0.05, 0.1) is 0 Å². The number of carbonyl (C=O) groups is 1. The van der Waals surface area contributed by atoms with Gasteiger partial charge in [0.1, 0.15) is 0 Å². The summed E-state index contributed by atoms with van der Waals surface area (Å²) in [6.07, 6.45) is 1.19. The molecule has 62 valence electrons. The molecule has 1 N–H and O–H groups in total. The average Bonchev–Trinajstić information content (AvgIpc) is 2.05.